The first-order chi connectivity index (χ1) is 13.5. The van der Waals surface area contributed by atoms with Crippen LogP contribution in [-0.2, 0) is 4.79 Å². The Bertz CT molecular complexity index is 702. The third-order valence-electron chi connectivity index (χ3n) is 5.72. The van der Waals surface area contributed by atoms with Crippen molar-refractivity contribution in [2.75, 3.05) is 20.3 Å². The fourth-order valence-corrected chi connectivity index (χ4v) is 4.47. The van der Waals surface area contributed by atoms with Gasteiger partial charge in [-0.2, -0.15) is 0 Å². The van der Waals surface area contributed by atoms with Gasteiger partial charge in [-0.1, -0.05) is 12.8 Å². The zero-order valence-corrected chi connectivity index (χ0v) is 17.2. The van der Waals surface area contributed by atoms with Gasteiger partial charge in [0.1, 0.15) is 0 Å². The number of rotatable bonds is 6. The molecule has 2 aliphatic rings. The number of piperidine rings is 1. The predicted octanol–water partition coefficient (Wildman–Crippen LogP) is 3.39. The van der Waals surface area contributed by atoms with Crippen LogP contribution in [0.5, 0.6) is 11.5 Å². The molecule has 1 heterocycles. The second kappa shape index (κ2) is 9.30. The number of hydrogen-bond donors (Lipinski definition) is 1. The van der Waals surface area contributed by atoms with Crippen LogP contribution >= 0.6 is 0 Å². The number of likely N-dealkylation sites (tertiary alicyclic amines) is 1. The topological polar surface area (TPSA) is 67.9 Å². The molecule has 1 aliphatic carbocycles. The van der Waals surface area contributed by atoms with E-state index in [2.05, 4.69) is 10.2 Å². The van der Waals surface area contributed by atoms with Gasteiger partial charge in [0.25, 0.3) is 11.8 Å². The Balaban J connectivity index is 1.70. The maximum atomic E-state index is 13.2. The molecule has 154 valence electrons. The summed E-state index contributed by atoms with van der Waals surface area (Å²) in [6.07, 6.45) is 7.16. The van der Waals surface area contributed by atoms with Crippen LogP contribution in [0.1, 0.15) is 62.7 Å². The highest BCUT2D eigenvalue weighted by Gasteiger charge is 2.36. The first-order valence-electron chi connectivity index (χ1n) is 10.4. The van der Waals surface area contributed by atoms with E-state index in [0.717, 1.165) is 19.4 Å². The van der Waals surface area contributed by atoms with Gasteiger partial charge < -0.3 is 19.7 Å². The highest BCUT2D eigenvalue weighted by molar-refractivity contribution is 5.95. The molecular weight excluding hydrogens is 356 g/mol. The number of ether oxygens (including phenoxy) is 2. The lowest BCUT2D eigenvalue weighted by Gasteiger charge is -2.44. The lowest BCUT2D eigenvalue weighted by molar-refractivity contribution is -0.123. The molecule has 1 N–H and O–H groups in total. The van der Waals surface area contributed by atoms with Crippen molar-refractivity contribution in [2.45, 2.75) is 64.5 Å². The third kappa shape index (κ3) is 4.78. The van der Waals surface area contributed by atoms with Crippen molar-refractivity contribution in [3.05, 3.63) is 23.8 Å². The normalized spacial score (nSPS) is 21.8. The zero-order valence-electron chi connectivity index (χ0n) is 17.2. The van der Waals surface area contributed by atoms with E-state index in [-0.39, 0.29) is 24.5 Å². The Kier molecular flexibility index (Phi) is 6.81. The Morgan fingerprint density at radius 2 is 1.89 bits per heavy atom. The molecule has 6 nitrogen and oxygen atoms in total. The maximum Gasteiger partial charge on any atom is 0.258 e. The van der Waals surface area contributed by atoms with Crippen molar-refractivity contribution >= 4 is 11.8 Å². The summed E-state index contributed by atoms with van der Waals surface area (Å²) < 4.78 is 11.0. The number of amides is 2. The highest BCUT2D eigenvalue weighted by atomic mass is 16.5. The minimum atomic E-state index is -0.186. The van der Waals surface area contributed by atoms with Gasteiger partial charge in [0.15, 0.2) is 18.1 Å². The molecule has 6 heteroatoms. The lowest BCUT2D eigenvalue weighted by atomic mass is 9.78. The van der Waals surface area contributed by atoms with Gasteiger partial charge >= 0.3 is 0 Å². The number of nitrogens with zero attached hydrogens (tertiary/aromatic N) is 1. The summed E-state index contributed by atoms with van der Waals surface area (Å²) in [7, 11) is 1.54. The standard InChI is InChI=1S/C22H32N2O4/c1-15(2)23-21(25)14-28-19-11-10-17(13-20(19)27-3)22(26)24-12-6-8-16-7-4-5-9-18(16)24/h10-11,13,15-16,18H,4-9,12,14H2,1-3H3,(H,23,25). The van der Waals surface area contributed by atoms with Gasteiger partial charge in [-0.15, -0.1) is 0 Å². The first kappa shape index (κ1) is 20.5. The van der Waals surface area contributed by atoms with E-state index in [9.17, 15) is 9.59 Å². The summed E-state index contributed by atoms with van der Waals surface area (Å²) in [6.45, 7) is 4.54. The zero-order chi connectivity index (χ0) is 20.1. The molecule has 2 fully saturated rings. The van der Waals surface area contributed by atoms with Gasteiger partial charge in [0.2, 0.25) is 0 Å². The fraction of sp³-hybridized carbons (Fsp3) is 0.636. The SMILES string of the molecule is COc1cc(C(=O)N2CCCC3CCCCC32)ccc1OCC(=O)NC(C)C. The molecule has 1 saturated heterocycles. The molecule has 0 radical (unpaired) electrons. The largest absolute Gasteiger partial charge is 0.493 e. The Morgan fingerprint density at radius 3 is 2.64 bits per heavy atom. The maximum absolute atomic E-state index is 13.2. The number of fused-ring (bicyclic) bond motifs is 1. The number of carbonyl (C=O) groups is 2. The summed E-state index contributed by atoms with van der Waals surface area (Å²) in [4.78, 5) is 27.1. The van der Waals surface area contributed by atoms with E-state index in [1.807, 2.05) is 13.8 Å². The molecule has 1 aromatic carbocycles. The molecular formula is C22H32N2O4. The molecule has 1 aliphatic heterocycles. The van der Waals surface area contributed by atoms with Gasteiger partial charge in [-0.3, -0.25) is 9.59 Å². The van der Waals surface area contributed by atoms with Crippen molar-refractivity contribution in [1.29, 1.82) is 0 Å². The molecule has 2 amide bonds. The molecule has 0 bridgehead atoms. The van der Waals surface area contributed by atoms with Gasteiger partial charge in [-0.25, -0.2) is 0 Å². The van der Waals surface area contributed by atoms with Crippen LogP contribution in [0.25, 0.3) is 0 Å². The Hall–Kier alpha value is -2.24. The van der Waals surface area contributed by atoms with Gasteiger partial charge in [0, 0.05) is 24.2 Å². The van der Waals surface area contributed by atoms with Crippen molar-refractivity contribution in [2.24, 2.45) is 5.92 Å². The van der Waals surface area contributed by atoms with Crippen LogP contribution in [-0.4, -0.2) is 49.1 Å². The van der Waals surface area contributed by atoms with E-state index >= 15 is 0 Å². The lowest BCUT2D eigenvalue weighted by Crippen LogP contribution is -2.49. The predicted molar refractivity (Wildman–Crippen MR) is 108 cm³/mol. The van der Waals surface area contributed by atoms with Crippen LogP contribution in [0.15, 0.2) is 18.2 Å². The van der Waals surface area contributed by atoms with Gasteiger partial charge in [0.05, 0.1) is 7.11 Å². The smallest absolute Gasteiger partial charge is 0.258 e. The summed E-state index contributed by atoms with van der Waals surface area (Å²) >= 11 is 0. The molecule has 0 spiro atoms. The van der Waals surface area contributed by atoms with E-state index in [0.29, 0.717) is 29.0 Å². The highest BCUT2D eigenvalue weighted by Crippen LogP contribution is 2.36. The number of nitrogens with one attached hydrogen (secondary N) is 1. The molecule has 0 aromatic heterocycles. The quantitative estimate of drug-likeness (QED) is 0.811. The summed E-state index contributed by atoms with van der Waals surface area (Å²) in [5, 5.41) is 2.78. The van der Waals surface area contributed by atoms with E-state index < -0.39 is 0 Å². The summed E-state index contributed by atoms with van der Waals surface area (Å²) in [5.74, 6) is 1.47. The second-order valence-electron chi connectivity index (χ2n) is 8.13. The van der Waals surface area contributed by atoms with Crippen LogP contribution in [0.4, 0.5) is 0 Å². The number of hydrogen-bond acceptors (Lipinski definition) is 4. The van der Waals surface area contributed by atoms with Gasteiger partial charge in [-0.05, 0) is 63.6 Å². The van der Waals surface area contributed by atoms with Crippen LogP contribution < -0.4 is 14.8 Å². The summed E-state index contributed by atoms with van der Waals surface area (Å²) in [5.41, 5.74) is 0.613. The van der Waals surface area contributed by atoms with Crippen molar-refractivity contribution in [1.82, 2.24) is 10.2 Å². The van der Waals surface area contributed by atoms with Crippen LogP contribution in [0, 0.1) is 5.92 Å². The van der Waals surface area contributed by atoms with Crippen LogP contribution in [0.3, 0.4) is 0 Å². The van der Waals surface area contributed by atoms with E-state index in [1.165, 1.54) is 25.7 Å². The second-order valence-corrected chi connectivity index (χ2v) is 8.13. The van der Waals surface area contributed by atoms with E-state index in [1.54, 1.807) is 25.3 Å². The summed E-state index contributed by atoms with van der Waals surface area (Å²) in [6, 6.07) is 5.65. The molecule has 3 rings (SSSR count). The average molecular weight is 389 g/mol. The molecule has 1 saturated carbocycles. The first-order valence-corrected chi connectivity index (χ1v) is 10.4. The number of methoxy groups -OCH3 is 1. The van der Waals surface area contributed by atoms with Crippen molar-refractivity contribution in [3.8, 4) is 11.5 Å². The fourth-order valence-electron chi connectivity index (χ4n) is 4.47. The van der Waals surface area contributed by atoms with E-state index in [4.69, 9.17) is 9.47 Å². The average Bonchev–Trinajstić information content (AvgIpc) is 2.70. The molecule has 28 heavy (non-hydrogen) atoms. The Labute approximate surface area is 167 Å². The third-order valence-corrected chi connectivity index (χ3v) is 5.72. The van der Waals surface area contributed by atoms with Crippen LogP contribution in [0.2, 0.25) is 0 Å². The van der Waals surface area contributed by atoms with Crippen molar-refractivity contribution < 1.29 is 19.1 Å². The minimum absolute atomic E-state index is 0.0612. The molecule has 1 aromatic rings. The number of carbonyl (C=O) groups excluding carboxylic acids is 2. The molecule has 2 unspecified atom stereocenters. The monoisotopic (exact) mass is 388 g/mol. The molecule has 2 atom stereocenters. The van der Waals surface area contributed by atoms with Crippen molar-refractivity contribution in [3.63, 3.8) is 0 Å². The minimum Gasteiger partial charge on any atom is -0.493 e. The number of benzene rings is 1. The Morgan fingerprint density at radius 1 is 1.14 bits per heavy atom.